The molecule has 1 aliphatic rings. The molecule has 13 nitrogen and oxygen atoms in total. The van der Waals surface area contributed by atoms with Crippen molar-refractivity contribution in [3.05, 3.63) is 0 Å². The molecule has 0 radical (unpaired) electrons. The highest BCUT2D eigenvalue weighted by Crippen LogP contribution is 2.45. The van der Waals surface area contributed by atoms with Gasteiger partial charge < -0.3 is 39.9 Å². The van der Waals surface area contributed by atoms with Crippen molar-refractivity contribution in [1.29, 1.82) is 0 Å². The number of amides is 1. The molecule has 0 aromatic rings. The van der Waals surface area contributed by atoms with Crippen LogP contribution in [0.2, 0.25) is 0 Å². The number of ketones is 1. The van der Waals surface area contributed by atoms with Crippen LogP contribution in [0, 0.1) is 0 Å². The highest BCUT2D eigenvalue weighted by molar-refractivity contribution is 7.46. The molecule has 0 spiro atoms. The number of aliphatic hydroxyl groups is 3. The maximum absolute atomic E-state index is 14.0. The number of ether oxygens (including phenoxy) is 2. The Morgan fingerprint density at radius 3 is 1.37 bits per heavy atom. The zero-order chi connectivity index (χ0) is 45.9. The van der Waals surface area contributed by atoms with E-state index in [4.69, 9.17) is 14.0 Å². The molecule has 0 aromatic carbocycles. The summed E-state index contributed by atoms with van der Waals surface area (Å²) < 4.78 is 28.3. The van der Waals surface area contributed by atoms with Crippen molar-refractivity contribution in [2.75, 3.05) is 6.61 Å². The molecule has 2 unspecified atom stereocenters. The number of hydrogen-bond acceptors (Lipinski definition) is 10. The van der Waals surface area contributed by atoms with E-state index in [0.29, 0.717) is 25.7 Å². The van der Waals surface area contributed by atoms with Crippen molar-refractivity contribution in [3.8, 4) is 0 Å². The van der Waals surface area contributed by atoms with Gasteiger partial charge in [0.2, 0.25) is 0 Å². The molecule has 14 heteroatoms. The number of phosphoric ester groups is 1. The molecular formula is C48H92NO12P. The van der Waals surface area contributed by atoms with E-state index >= 15 is 0 Å². The lowest BCUT2D eigenvalue weighted by Crippen LogP contribution is -2.75. The summed E-state index contributed by atoms with van der Waals surface area (Å²) in [5.41, 5.74) is -2.92. The van der Waals surface area contributed by atoms with Crippen LogP contribution >= 0.6 is 7.82 Å². The van der Waals surface area contributed by atoms with Crippen LogP contribution in [0.5, 0.6) is 0 Å². The summed E-state index contributed by atoms with van der Waals surface area (Å²) in [7, 11) is -5.41. The van der Waals surface area contributed by atoms with Gasteiger partial charge in [0.15, 0.2) is 23.8 Å². The molecule has 366 valence electrons. The van der Waals surface area contributed by atoms with Gasteiger partial charge in [-0.3, -0.25) is 18.9 Å². The standard InChI is InChI=1S/C48H92NO12P/c1-4-7-10-13-16-19-22-25-28-31-34-37-42(51)48(55)44(47(54)60-41(39-50)45(48)61-62(56,57)58)49-46(53)40(36-33-30-27-24-21-18-15-12-9-6-3)59-43(52)38-35-32-29-26-23-20-17-14-11-8-5-2/h40-41,44-45,47,50,54-55H,4-39H2,1-3H3,(H,49,53)(H2,56,57,58)/t40?,41-,44+,45-,47?,48-/m1/s1. The van der Waals surface area contributed by atoms with E-state index < -0.39 is 68.3 Å². The number of unbranched alkanes of at least 4 members (excludes halogenated alkanes) is 29. The Kier molecular flexibility index (Phi) is 34.7. The molecular weight excluding hydrogens is 813 g/mol. The molecule has 0 saturated carbocycles. The maximum atomic E-state index is 14.0. The lowest BCUT2D eigenvalue weighted by atomic mass is 9.77. The fourth-order valence-corrected chi connectivity index (χ4v) is 9.16. The molecule has 1 aliphatic heterocycles. The average Bonchev–Trinajstić information content (AvgIpc) is 3.23. The maximum Gasteiger partial charge on any atom is 0.470 e. The van der Waals surface area contributed by atoms with Gasteiger partial charge in [-0.2, -0.15) is 0 Å². The molecule has 1 amide bonds. The highest BCUT2D eigenvalue weighted by Gasteiger charge is 2.62. The normalized spacial score (nSPS) is 20.9. The second-order valence-electron chi connectivity index (χ2n) is 18.0. The predicted octanol–water partition coefficient (Wildman–Crippen LogP) is 10.6. The summed E-state index contributed by atoms with van der Waals surface area (Å²) in [4.78, 5) is 60.8. The Hall–Kier alpha value is -1.44. The molecule has 6 atom stereocenters. The van der Waals surface area contributed by atoms with Crippen LogP contribution in [0.1, 0.15) is 245 Å². The van der Waals surface area contributed by atoms with Crippen LogP contribution in [0.25, 0.3) is 0 Å². The SMILES string of the molecule is CCCCCCCCCCCCCC(=O)OC(CCCCCCCCCCCC)C(=O)N[C@H]1C(O)O[C@H](CO)[C@@H](OP(=O)(O)O)[C@@]1(O)C(=O)CCCCCCCCCCCCC. The number of carbonyl (C=O) groups excluding carboxylic acids is 3. The van der Waals surface area contributed by atoms with E-state index in [1.807, 2.05) is 0 Å². The van der Waals surface area contributed by atoms with E-state index in [9.17, 15) is 44.1 Å². The number of aliphatic hydroxyl groups excluding tert-OH is 2. The third-order valence-corrected chi connectivity index (χ3v) is 12.9. The Labute approximate surface area is 376 Å². The molecule has 62 heavy (non-hydrogen) atoms. The predicted molar refractivity (Wildman–Crippen MR) is 245 cm³/mol. The van der Waals surface area contributed by atoms with Crippen molar-refractivity contribution in [2.24, 2.45) is 0 Å². The number of carbonyl (C=O) groups is 3. The average molecular weight is 906 g/mol. The van der Waals surface area contributed by atoms with Crippen molar-refractivity contribution in [1.82, 2.24) is 5.32 Å². The third kappa shape index (κ3) is 26.5. The quantitative estimate of drug-likeness (QED) is 0.0192. The first-order valence-electron chi connectivity index (χ1n) is 25.3. The first kappa shape index (κ1) is 58.6. The zero-order valence-electron chi connectivity index (χ0n) is 39.4. The highest BCUT2D eigenvalue weighted by atomic mass is 31.2. The molecule has 0 aromatic heterocycles. The second kappa shape index (κ2) is 36.7. The van der Waals surface area contributed by atoms with Crippen LogP contribution in [-0.4, -0.2) is 85.6 Å². The number of esters is 1. The van der Waals surface area contributed by atoms with E-state index in [-0.39, 0.29) is 19.3 Å². The summed E-state index contributed by atoms with van der Waals surface area (Å²) in [6.07, 6.45) is 26.7. The molecule has 1 rings (SSSR count). The summed E-state index contributed by atoms with van der Waals surface area (Å²) in [6.45, 7) is 5.63. The van der Waals surface area contributed by atoms with Crippen LogP contribution < -0.4 is 5.32 Å². The van der Waals surface area contributed by atoms with Crippen LogP contribution in [0.4, 0.5) is 0 Å². The molecule has 0 aliphatic carbocycles. The van der Waals surface area contributed by atoms with E-state index in [1.54, 1.807) is 0 Å². The minimum Gasteiger partial charge on any atom is -0.452 e. The number of Topliss-reactive ketones (excluding diaryl/α,β-unsaturated/α-hetero) is 1. The van der Waals surface area contributed by atoms with Gasteiger partial charge in [-0.15, -0.1) is 0 Å². The Morgan fingerprint density at radius 2 is 0.984 bits per heavy atom. The van der Waals surface area contributed by atoms with Gasteiger partial charge in [-0.25, -0.2) is 4.57 Å². The number of rotatable bonds is 42. The van der Waals surface area contributed by atoms with Crippen LogP contribution in [0.15, 0.2) is 0 Å². The van der Waals surface area contributed by atoms with Gasteiger partial charge in [-0.05, 0) is 25.7 Å². The number of phosphoric acid groups is 1. The summed E-state index contributed by atoms with van der Waals surface area (Å²) in [5, 5.41) is 35.9. The van der Waals surface area contributed by atoms with Gasteiger partial charge in [-0.1, -0.05) is 207 Å². The minimum absolute atomic E-state index is 0.117. The minimum atomic E-state index is -5.41. The Bertz CT molecular complexity index is 1190. The third-order valence-electron chi connectivity index (χ3n) is 12.4. The van der Waals surface area contributed by atoms with Crippen molar-refractivity contribution in [2.45, 2.75) is 282 Å². The van der Waals surface area contributed by atoms with Gasteiger partial charge in [0, 0.05) is 12.8 Å². The zero-order valence-corrected chi connectivity index (χ0v) is 40.3. The molecule has 0 bridgehead atoms. The van der Waals surface area contributed by atoms with Crippen LogP contribution in [0.3, 0.4) is 0 Å². The fraction of sp³-hybridized carbons (Fsp3) is 0.938. The molecule has 1 heterocycles. The second-order valence-corrected chi connectivity index (χ2v) is 19.2. The lowest BCUT2D eigenvalue weighted by molar-refractivity contribution is -0.276. The summed E-state index contributed by atoms with van der Waals surface area (Å²) in [5.74, 6) is -2.38. The van der Waals surface area contributed by atoms with Crippen LogP contribution in [-0.2, 0) is 32.9 Å². The van der Waals surface area contributed by atoms with Gasteiger partial charge >= 0.3 is 13.8 Å². The van der Waals surface area contributed by atoms with E-state index in [2.05, 4.69) is 26.1 Å². The summed E-state index contributed by atoms with van der Waals surface area (Å²) >= 11 is 0. The number of nitrogens with one attached hydrogen (secondary N) is 1. The monoisotopic (exact) mass is 906 g/mol. The smallest absolute Gasteiger partial charge is 0.452 e. The lowest BCUT2D eigenvalue weighted by Gasteiger charge is -2.49. The van der Waals surface area contributed by atoms with E-state index in [0.717, 1.165) is 70.6 Å². The molecule has 1 fully saturated rings. The largest absolute Gasteiger partial charge is 0.470 e. The Balaban J connectivity index is 3.03. The molecule has 6 N–H and O–H groups in total. The Morgan fingerprint density at radius 1 is 0.613 bits per heavy atom. The van der Waals surface area contributed by atoms with Crippen molar-refractivity contribution in [3.63, 3.8) is 0 Å². The molecule has 1 saturated heterocycles. The first-order valence-corrected chi connectivity index (χ1v) is 26.8. The van der Waals surface area contributed by atoms with Crippen molar-refractivity contribution < 1.29 is 58.1 Å². The topological polar surface area (TPSA) is 209 Å². The van der Waals surface area contributed by atoms with Gasteiger partial charge in [0.05, 0.1) is 6.61 Å². The fourth-order valence-electron chi connectivity index (χ4n) is 8.56. The van der Waals surface area contributed by atoms with E-state index in [1.165, 1.54) is 109 Å². The first-order chi connectivity index (χ1) is 29.8. The van der Waals surface area contributed by atoms with Crippen molar-refractivity contribution >= 4 is 25.5 Å². The summed E-state index contributed by atoms with van der Waals surface area (Å²) in [6, 6.07) is -1.96. The van der Waals surface area contributed by atoms with Gasteiger partial charge in [0.25, 0.3) is 5.91 Å². The van der Waals surface area contributed by atoms with Gasteiger partial charge in [0.1, 0.15) is 18.2 Å². The number of hydrogen-bond donors (Lipinski definition) is 6.